The van der Waals surface area contributed by atoms with Gasteiger partial charge in [-0.05, 0) is 41.3 Å². The number of nitrogens with one attached hydrogen (secondary N) is 2. The van der Waals surface area contributed by atoms with Crippen molar-refractivity contribution in [2.75, 3.05) is 17.7 Å². The van der Waals surface area contributed by atoms with Crippen LogP contribution >= 0.6 is 11.3 Å². The van der Waals surface area contributed by atoms with E-state index in [0.717, 1.165) is 38.6 Å². The quantitative estimate of drug-likeness (QED) is 0.229. The van der Waals surface area contributed by atoms with Gasteiger partial charge in [0.05, 0.1) is 24.1 Å². The molecule has 1 aliphatic heterocycles. The van der Waals surface area contributed by atoms with Gasteiger partial charge in [-0.3, -0.25) is 19.8 Å². The Balaban J connectivity index is 1.31. The first kappa shape index (κ1) is 26.0. The van der Waals surface area contributed by atoms with Crippen LogP contribution in [0.15, 0.2) is 78.9 Å². The monoisotopic (exact) mass is 578 g/mol. The van der Waals surface area contributed by atoms with Gasteiger partial charge < -0.3 is 15.8 Å². The second-order valence-corrected chi connectivity index (χ2v) is 11.5. The van der Waals surface area contributed by atoms with Crippen LogP contribution in [-0.2, 0) is 14.3 Å². The summed E-state index contributed by atoms with van der Waals surface area (Å²) in [6, 6.07) is 24.8. The standard InChI is InChI=1S/C32H26N4O5S/c1-2-41-32(40)27-26(33)25(29(42-27)34-16-10-4-3-5-11-16)31(39)36-30(38)24-22-19-14-8-6-12-17(19)21(23(24)28(37)35-36)18-13-7-9-15-20(18)22/h3-15,21-24,34H,2,33H2,1H3,(H,35,37). The van der Waals surface area contributed by atoms with Crippen LogP contribution in [0, 0.1) is 11.8 Å². The van der Waals surface area contributed by atoms with Crippen LogP contribution in [0.4, 0.5) is 16.4 Å². The maximum atomic E-state index is 14.3. The van der Waals surface area contributed by atoms with Crippen molar-refractivity contribution in [3.8, 4) is 0 Å². The number of ether oxygens (including phenoxy) is 1. The number of hydrazine groups is 1. The highest BCUT2D eigenvalue weighted by molar-refractivity contribution is 7.19. The normalized spacial score (nSPS) is 21.6. The predicted octanol–water partition coefficient (Wildman–Crippen LogP) is 4.79. The fourth-order valence-corrected chi connectivity index (χ4v) is 7.71. The SMILES string of the molecule is CCOC(=O)c1sc(Nc2ccccc2)c(C(=O)N2NC(=O)C3C4c5ccccc5C(c5ccccc54)C3C2=O)c1N. The van der Waals surface area contributed by atoms with Crippen molar-refractivity contribution in [1.29, 1.82) is 0 Å². The highest BCUT2D eigenvalue weighted by atomic mass is 32.1. The first-order valence-corrected chi connectivity index (χ1v) is 14.5. The molecule has 3 amide bonds. The molecule has 2 heterocycles. The molecule has 0 spiro atoms. The number of rotatable bonds is 5. The maximum Gasteiger partial charge on any atom is 0.350 e. The fourth-order valence-electron chi connectivity index (χ4n) is 6.69. The van der Waals surface area contributed by atoms with Crippen molar-refractivity contribution in [2.24, 2.45) is 11.8 Å². The number of hydrogen-bond acceptors (Lipinski definition) is 8. The van der Waals surface area contributed by atoms with Gasteiger partial charge in [0, 0.05) is 17.5 Å². The summed E-state index contributed by atoms with van der Waals surface area (Å²) in [4.78, 5) is 55.0. The van der Waals surface area contributed by atoms with Crippen LogP contribution in [0.2, 0.25) is 0 Å². The van der Waals surface area contributed by atoms with Crippen LogP contribution in [0.1, 0.15) is 61.0 Å². The number of benzene rings is 3. The largest absolute Gasteiger partial charge is 0.462 e. The number of nitrogens with two attached hydrogens (primary N) is 1. The summed E-state index contributed by atoms with van der Waals surface area (Å²) in [6.07, 6.45) is 0. The summed E-state index contributed by atoms with van der Waals surface area (Å²) in [5.41, 5.74) is 13.5. The summed E-state index contributed by atoms with van der Waals surface area (Å²) >= 11 is 0.957. The molecule has 2 bridgehead atoms. The van der Waals surface area contributed by atoms with Crippen molar-refractivity contribution in [3.05, 3.63) is 112 Å². The van der Waals surface area contributed by atoms with E-state index in [-0.39, 0.29) is 33.7 Å². The number of hydrogen-bond donors (Lipinski definition) is 3. The van der Waals surface area contributed by atoms with Gasteiger partial charge in [-0.2, -0.15) is 5.01 Å². The topological polar surface area (TPSA) is 131 Å². The third kappa shape index (κ3) is 3.75. The molecule has 2 atom stereocenters. The average Bonchev–Trinajstić information content (AvgIpc) is 3.34. The molecule has 2 unspecified atom stereocenters. The smallest absolute Gasteiger partial charge is 0.350 e. The number of esters is 1. The third-order valence-corrected chi connectivity index (χ3v) is 9.42. The van der Waals surface area contributed by atoms with E-state index in [1.807, 2.05) is 66.7 Å². The molecule has 42 heavy (non-hydrogen) atoms. The minimum atomic E-state index is -0.822. The molecule has 1 aromatic heterocycles. The second kappa shape index (κ2) is 9.85. The molecule has 210 valence electrons. The van der Waals surface area contributed by atoms with E-state index < -0.39 is 41.4 Å². The summed E-state index contributed by atoms with van der Waals surface area (Å²) < 4.78 is 5.16. The third-order valence-electron chi connectivity index (χ3n) is 8.32. The Bertz CT molecular complexity index is 1740. The van der Waals surface area contributed by atoms with Gasteiger partial charge in [0.25, 0.3) is 11.8 Å². The molecule has 1 saturated heterocycles. The van der Waals surface area contributed by atoms with Crippen LogP contribution in [0.25, 0.3) is 0 Å². The van der Waals surface area contributed by atoms with E-state index in [4.69, 9.17) is 10.5 Å². The van der Waals surface area contributed by atoms with E-state index in [2.05, 4.69) is 10.7 Å². The zero-order valence-electron chi connectivity index (χ0n) is 22.5. The number of para-hydroxylation sites is 1. The van der Waals surface area contributed by atoms with Gasteiger partial charge in [0.2, 0.25) is 5.91 Å². The maximum absolute atomic E-state index is 14.3. The lowest BCUT2D eigenvalue weighted by atomic mass is 9.53. The molecule has 1 fully saturated rings. The number of carbonyl (C=O) groups excluding carboxylic acids is 4. The Morgan fingerprint density at radius 2 is 1.43 bits per heavy atom. The van der Waals surface area contributed by atoms with Crippen molar-refractivity contribution < 1.29 is 23.9 Å². The van der Waals surface area contributed by atoms with E-state index in [0.29, 0.717) is 5.69 Å². The van der Waals surface area contributed by atoms with Crippen molar-refractivity contribution in [3.63, 3.8) is 0 Å². The molecule has 4 aromatic rings. The number of nitrogens with zero attached hydrogens (tertiary/aromatic N) is 1. The lowest BCUT2D eigenvalue weighted by Crippen LogP contribution is -2.65. The van der Waals surface area contributed by atoms with E-state index >= 15 is 0 Å². The summed E-state index contributed by atoms with van der Waals surface area (Å²) in [7, 11) is 0. The Hall–Kier alpha value is -4.96. The molecule has 3 aromatic carbocycles. The molecule has 3 aliphatic carbocycles. The molecule has 4 N–H and O–H groups in total. The van der Waals surface area contributed by atoms with Crippen LogP contribution < -0.4 is 16.5 Å². The van der Waals surface area contributed by atoms with Gasteiger partial charge in [-0.1, -0.05) is 66.7 Å². The zero-order valence-corrected chi connectivity index (χ0v) is 23.3. The number of nitrogen functional groups attached to an aromatic ring is 1. The Morgan fingerprint density at radius 3 is 2.00 bits per heavy atom. The average molecular weight is 579 g/mol. The Kier molecular flexibility index (Phi) is 6.09. The number of imide groups is 1. The van der Waals surface area contributed by atoms with Crippen molar-refractivity contribution >= 4 is 51.4 Å². The van der Waals surface area contributed by atoms with E-state index in [9.17, 15) is 19.2 Å². The minimum absolute atomic E-state index is 0.0341. The molecule has 0 radical (unpaired) electrons. The first-order chi connectivity index (χ1) is 20.4. The zero-order chi connectivity index (χ0) is 29.1. The number of thiophene rings is 1. The Labute approximate surface area is 245 Å². The Morgan fingerprint density at radius 1 is 0.881 bits per heavy atom. The molecule has 9 nitrogen and oxygen atoms in total. The van der Waals surface area contributed by atoms with Gasteiger partial charge in [0.1, 0.15) is 15.4 Å². The fraction of sp³-hybridized carbons (Fsp3) is 0.188. The van der Waals surface area contributed by atoms with Gasteiger partial charge in [0.15, 0.2) is 0 Å². The van der Waals surface area contributed by atoms with Gasteiger partial charge in [-0.15, -0.1) is 11.3 Å². The number of anilines is 3. The first-order valence-electron chi connectivity index (χ1n) is 13.7. The van der Waals surface area contributed by atoms with Crippen LogP contribution in [0.3, 0.4) is 0 Å². The molecular formula is C32H26N4O5S. The molecule has 0 saturated carbocycles. The number of carbonyl (C=O) groups is 4. The number of amides is 3. The van der Waals surface area contributed by atoms with E-state index in [1.54, 1.807) is 19.1 Å². The summed E-state index contributed by atoms with van der Waals surface area (Å²) in [5, 5.41) is 4.18. The highest BCUT2D eigenvalue weighted by Crippen LogP contribution is 2.59. The van der Waals surface area contributed by atoms with Crippen LogP contribution in [-0.4, -0.2) is 35.3 Å². The summed E-state index contributed by atoms with van der Waals surface area (Å²) in [5.74, 6) is -4.59. The van der Waals surface area contributed by atoms with Crippen molar-refractivity contribution in [1.82, 2.24) is 10.4 Å². The van der Waals surface area contributed by atoms with Crippen LogP contribution in [0.5, 0.6) is 0 Å². The highest BCUT2D eigenvalue weighted by Gasteiger charge is 2.59. The minimum Gasteiger partial charge on any atom is -0.462 e. The van der Waals surface area contributed by atoms with Crippen molar-refractivity contribution in [2.45, 2.75) is 18.8 Å². The molecule has 4 aliphatic rings. The second-order valence-electron chi connectivity index (χ2n) is 10.5. The predicted molar refractivity (Wildman–Crippen MR) is 157 cm³/mol. The van der Waals surface area contributed by atoms with E-state index in [1.165, 1.54) is 0 Å². The van der Waals surface area contributed by atoms with Gasteiger partial charge in [-0.25, -0.2) is 4.79 Å². The lowest BCUT2D eigenvalue weighted by Gasteiger charge is -2.52. The molecular weight excluding hydrogens is 552 g/mol. The molecule has 8 rings (SSSR count). The summed E-state index contributed by atoms with van der Waals surface area (Å²) in [6.45, 7) is 1.79. The van der Waals surface area contributed by atoms with Gasteiger partial charge >= 0.3 is 5.97 Å². The molecule has 10 heteroatoms. The lowest BCUT2D eigenvalue weighted by molar-refractivity contribution is -0.156.